The van der Waals surface area contributed by atoms with Crippen molar-refractivity contribution in [3.63, 3.8) is 0 Å². The Balaban J connectivity index is 2.32. The number of hydrogen-bond acceptors (Lipinski definition) is 2. The first kappa shape index (κ1) is 14.3. The highest BCUT2D eigenvalue weighted by Gasteiger charge is 2.45. The van der Waals surface area contributed by atoms with E-state index in [4.69, 9.17) is 5.73 Å². The van der Waals surface area contributed by atoms with Crippen LogP contribution < -0.4 is 10.6 Å². The lowest BCUT2D eigenvalue weighted by Crippen LogP contribution is -2.53. The maximum absolute atomic E-state index is 13.1. The second-order valence-electron chi connectivity index (χ2n) is 6.49. The van der Waals surface area contributed by atoms with Crippen LogP contribution in [0.1, 0.15) is 40.0 Å². The average molecular weight is 264 g/mol. The van der Waals surface area contributed by atoms with E-state index in [-0.39, 0.29) is 11.4 Å². The van der Waals surface area contributed by atoms with Crippen molar-refractivity contribution >= 4 is 5.69 Å². The minimum Gasteiger partial charge on any atom is -0.365 e. The predicted molar refractivity (Wildman–Crippen MR) is 78.8 cm³/mol. The van der Waals surface area contributed by atoms with Gasteiger partial charge in [-0.2, -0.15) is 0 Å². The Morgan fingerprint density at radius 3 is 2.26 bits per heavy atom. The van der Waals surface area contributed by atoms with Crippen LogP contribution in [0.2, 0.25) is 0 Å². The maximum atomic E-state index is 13.1. The highest BCUT2D eigenvalue weighted by Crippen LogP contribution is 2.47. The van der Waals surface area contributed by atoms with Crippen LogP contribution in [0.4, 0.5) is 10.1 Å². The number of halogens is 1. The molecule has 3 heteroatoms. The smallest absolute Gasteiger partial charge is 0.123 e. The van der Waals surface area contributed by atoms with Crippen molar-refractivity contribution in [3.8, 4) is 0 Å². The summed E-state index contributed by atoms with van der Waals surface area (Å²) in [6.07, 6.45) is 3.41. The fraction of sp³-hybridized carbons (Fsp3) is 0.625. The molecule has 1 saturated carbocycles. The van der Waals surface area contributed by atoms with E-state index in [9.17, 15) is 4.39 Å². The van der Waals surface area contributed by atoms with Crippen LogP contribution in [0, 0.1) is 11.2 Å². The number of anilines is 1. The first-order valence-corrected chi connectivity index (χ1v) is 7.16. The summed E-state index contributed by atoms with van der Waals surface area (Å²) in [5.74, 6) is -0.187. The van der Waals surface area contributed by atoms with Crippen LogP contribution in [0.25, 0.3) is 0 Å². The molecule has 1 aromatic carbocycles. The van der Waals surface area contributed by atoms with Crippen LogP contribution in [0.3, 0.4) is 0 Å². The fourth-order valence-corrected chi connectivity index (χ4v) is 3.57. The molecule has 0 radical (unpaired) electrons. The minimum atomic E-state index is -0.187. The Kier molecular flexibility index (Phi) is 3.86. The summed E-state index contributed by atoms with van der Waals surface area (Å²) in [6.45, 7) is 8.32. The molecule has 0 amide bonds. The summed E-state index contributed by atoms with van der Waals surface area (Å²) < 4.78 is 13.1. The highest BCUT2D eigenvalue weighted by atomic mass is 19.1. The van der Waals surface area contributed by atoms with Gasteiger partial charge in [-0.3, -0.25) is 0 Å². The van der Waals surface area contributed by atoms with Gasteiger partial charge < -0.3 is 10.6 Å². The molecule has 0 spiro atoms. The van der Waals surface area contributed by atoms with E-state index >= 15 is 0 Å². The van der Waals surface area contributed by atoms with Crippen LogP contribution in [-0.4, -0.2) is 18.6 Å². The second-order valence-corrected chi connectivity index (χ2v) is 6.49. The highest BCUT2D eigenvalue weighted by molar-refractivity contribution is 5.50. The number of benzene rings is 1. The molecule has 1 unspecified atom stereocenters. The summed E-state index contributed by atoms with van der Waals surface area (Å²) in [7, 11) is 0. The van der Waals surface area contributed by atoms with Gasteiger partial charge >= 0.3 is 0 Å². The number of nitrogens with two attached hydrogens (primary N) is 1. The Hall–Kier alpha value is -1.09. The molecule has 1 aliphatic carbocycles. The minimum absolute atomic E-state index is 0.0239. The van der Waals surface area contributed by atoms with E-state index < -0.39 is 0 Å². The predicted octanol–water partition coefficient (Wildman–Crippen LogP) is 3.56. The quantitative estimate of drug-likeness (QED) is 0.901. The lowest BCUT2D eigenvalue weighted by Gasteiger charge is -2.43. The van der Waals surface area contributed by atoms with E-state index in [2.05, 4.69) is 25.7 Å². The molecular formula is C16H25FN2. The molecular weight excluding hydrogens is 239 g/mol. The zero-order chi connectivity index (χ0) is 14.1. The average Bonchev–Trinajstić information content (AvgIpc) is 2.70. The Morgan fingerprint density at radius 2 is 1.84 bits per heavy atom. The summed E-state index contributed by atoms with van der Waals surface area (Å²) in [5.41, 5.74) is 7.56. The van der Waals surface area contributed by atoms with Crippen LogP contribution in [-0.2, 0) is 0 Å². The van der Waals surface area contributed by atoms with Gasteiger partial charge in [0, 0.05) is 18.8 Å². The summed E-state index contributed by atoms with van der Waals surface area (Å²) >= 11 is 0. The number of hydrogen-bond donors (Lipinski definition) is 1. The molecule has 1 fully saturated rings. The number of rotatable bonds is 4. The normalized spacial score (nSPS) is 25.5. The van der Waals surface area contributed by atoms with Crippen molar-refractivity contribution in [2.24, 2.45) is 11.1 Å². The molecule has 106 valence electrons. The molecule has 1 aliphatic rings. The molecule has 0 heterocycles. The summed E-state index contributed by atoms with van der Waals surface area (Å²) in [4.78, 5) is 2.36. The molecule has 0 aromatic heterocycles. The molecule has 2 N–H and O–H groups in total. The first-order chi connectivity index (χ1) is 8.92. The number of nitrogens with zero attached hydrogens (tertiary/aromatic N) is 1. The second kappa shape index (κ2) is 5.12. The zero-order valence-corrected chi connectivity index (χ0v) is 12.2. The Labute approximate surface area is 115 Å². The zero-order valence-electron chi connectivity index (χ0n) is 12.2. The molecule has 0 bridgehead atoms. The lowest BCUT2D eigenvalue weighted by molar-refractivity contribution is 0.326. The van der Waals surface area contributed by atoms with Crippen molar-refractivity contribution in [3.05, 3.63) is 30.1 Å². The van der Waals surface area contributed by atoms with E-state index in [0.29, 0.717) is 12.0 Å². The Morgan fingerprint density at radius 1 is 1.21 bits per heavy atom. The van der Waals surface area contributed by atoms with Crippen molar-refractivity contribution in [2.75, 3.05) is 18.0 Å². The van der Waals surface area contributed by atoms with Gasteiger partial charge in [0.2, 0.25) is 0 Å². The molecule has 2 nitrogen and oxygen atoms in total. The topological polar surface area (TPSA) is 29.3 Å². The van der Waals surface area contributed by atoms with Gasteiger partial charge in [0.05, 0.1) is 5.54 Å². The van der Waals surface area contributed by atoms with Gasteiger partial charge in [0.25, 0.3) is 0 Å². The van der Waals surface area contributed by atoms with Crippen LogP contribution >= 0.6 is 0 Å². The third kappa shape index (κ3) is 2.76. The van der Waals surface area contributed by atoms with Gasteiger partial charge in [-0.15, -0.1) is 0 Å². The third-order valence-corrected chi connectivity index (χ3v) is 4.48. The third-order valence-electron chi connectivity index (χ3n) is 4.48. The molecule has 1 aromatic rings. The van der Waals surface area contributed by atoms with Gasteiger partial charge in [0.1, 0.15) is 5.82 Å². The monoisotopic (exact) mass is 264 g/mol. The van der Waals surface area contributed by atoms with Gasteiger partial charge in [-0.05, 0) is 55.9 Å². The van der Waals surface area contributed by atoms with Gasteiger partial charge in [-0.25, -0.2) is 4.39 Å². The van der Waals surface area contributed by atoms with Crippen molar-refractivity contribution in [1.29, 1.82) is 0 Å². The van der Waals surface area contributed by atoms with E-state index in [1.807, 2.05) is 12.1 Å². The summed E-state index contributed by atoms with van der Waals surface area (Å²) in [5, 5.41) is 0. The van der Waals surface area contributed by atoms with Gasteiger partial charge in [0.15, 0.2) is 0 Å². The van der Waals surface area contributed by atoms with E-state index in [1.165, 1.54) is 18.6 Å². The van der Waals surface area contributed by atoms with Crippen molar-refractivity contribution < 1.29 is 4.39 Å². The van der Waals surface area contributed by atoms with Crippen LogP contribution in [0.5, 0.6) is 0 Å². The molecule has 0 aliphatic heterocycles. The van der Waals surface area contributed by atoms with E-state index in [0.717, 1.165) is 25.1 Å². The molecule has 0 saturated heterocycles. The fourth-order valence-electron chi connectivity index (χ4n) is 3.57. The first-order valence-electron chi connectivity index (χ1n) is 7.16. The summed E-state index contributed by atoms with van der Waals surface area (Å²) in [6, 6.07) is 6.79. The maximum Gasteiger partial charge on any atom is 0.123 e. The molecule has 19 heavy (non-hydrogen) atoms. The lowest BCUT2D eigenvalue weighted by atomic mass is 9.86. The Bertz CT molecular complexity index is 427. The van der Waals surface area contributed by atoms with Crippen molar-refractivity contribution in [1.82, 2.24) is 0 Å². The standard InChI is InChI=1S/C16H25FN2/c1-4-19(14-7-5-13(17)6-8-14)16(12-18)10-9-15(2,3)11-16/h5-8H,4,9-12,18H2,1-3H3. The van der Waals surface area contributed by atoms with E-state index in [1.54, 1.807) is 0 Å². The van der Waals surface area contributed by atoms with Crippen LogP contribution in [0.15, 0.2) is 24.3 Å². The SMILES string of the molecule is CCN(c1ccc(F)cc1)C1(CN)CCC(C)(C)C1. The number of likely N-dealkylation sites (N-methyl/N-ethyl adjacent to an activating group) is 1. The van der Waals surface area contributed by atoms with Gasteiger partial charge in [-0.1, -0.05) is 13.8 Å². The molecule has 1 atom stereocenters. The largest absolute Gasteiger partial charge is 0.365 e. The van der Waals surface area contributed by atoms with Crippen molar-refractivity contribution in [2.45, 2.75) is 45.6 Å². The molecule has 2 rings (SSSR count).